The van der Waals surface area contributed by atoms with Crippen LogP contribution in [0.5, 0.6) is 0 Å². The summed E-state index contributed by atoms with van der Waals surface area (Å²) in [7, 11) is 0. The summed E-state index contributed by atoms with van der Waals surface area (Å²) in [6.07, 6.45) is 2.68. The van der Waals surface area contributed by atoms with Crippen LogP contribution in [0.1, 0.15) is 50.5 Å². The first-order valence-electron chi connectivity index (χ1n) is 10.6. The number of aryl methyl sites for hydroxylation is 1. The second kappa shape index (κ2) is 9.01. The Morgan fingerprint density at radius 1 is 1.16 bits per heavy atom. The third-order valence-corrected chi connectivity index (χ3v) is 6.37. The maximum atomic E-state index is 13.1. The van der Waals surface area contributed by atoms with Crippen molar-refractivity contribution in [2.45, 2.75) is 58.2 Å². The van der Waals surface area contributed by atoms with E-state index in [1.807, 2.05) is 49.1 Å². The number of hydrogen-bond acceptors (Lipinski definition) is 3. The smallest absolute Gasteiger partial charge is 0.261 e. The maximum absolute atomic E-state index is 13.1. The molecule has 5 nitrogen and oxygen atoms in total. The molecule has 1 aliphatic carbocycles. The van der Waals surface area contributed by atoms with Crippen LogP contribution in [0.2, 0.25) is 10.0 Å². The fourth-order valence-electron chi connectivity index (χ4n) is 3.83. The summed E-state index contributed by atoms with van der Waals surface area (Å²) in [6, 6.07) is 13.0. The van der Waals surface area contributed by atoms with Crippen molar-refractivity contribution in [3.05, 3.63) is 74.3 Å². The molecule has 0 spiro atoms. The van der Waals surface area contributed by atoms with Gasteiger partial charge in [-0.3, -0.25) is 14.2 Å². The van der Waals surface area contributed by atoms with Gasteiger partial charge in [-0.2, -0.15) is 0 Å². The minimum atomic E-state index is -0.00734. The molecule has 1 fully saturated rings. The van der Waals surface area contributed by atoms with E-state index in [1.54, 1.807) is 16.7 Å². The number of halogens is 2. The van der Waals surface area contributed by atoms with E-state index in [9.17, 15) is 9.59 Å². The number of para-hydroxylation sites is 1. The zero-order chi connectivity index (χ0) is 22.1. The van der Waals surface area contributed by atoms with Gasteiger partial charge in [0.25, 0.3) is 5.56 Å². The molecule has 1 heterocycles. The Bertz CT molecular complexity index is 1190. The molecule has 162 valence electrons. The molecule has 1 aliphatic rings. The van der Waals surface area contributed by atoms with Crippen molar-refractivity contribution in [3.63, 3.8) is 0 Å². The highest BCUT2D eigenvalue weighted by molar-refractivity contribution is 6.42. The molecule has 0 bridgehead atoms. The summed E-state index contributed by atoms with van der Waals surface area (Å²) in [5.74, 6) is 0.712. The van der Waals surface area contributed by atoms with Gasteiger partial charge >= 0.3 is 0 Å². The molecule has 1 amide bonds. The summed E-state index contributed by atoms with van der Waals surface area (Å²) in [4.78, 5) is 32.7. The van der Waals surface area contributed by atoms with Gasteiger partial charge in [-0.1, -0.05) is 41.4 Å². The molecule has 3 aromatic rings. The molecule has 0 aliphatic heterocycles. The lowest BCUT2D eigenvalue weighted by molar-refractivity contribution is -0.133. The van der Waals surface area contributed by atoms with E-state index < -0.39 is 0 Å². The van der Waals surface area contributed by atoms with Crippen LogP contribution in [-0.4, -0.2) is 26.4 Å². The maximum Gasteiger partial charge on any atom is 0.261 e. The van der Waals surface area contributed by atoms with Crippen LogP contribution < -0.4 is 5.56 Å². The van der Waals surface area contributed by atoms with Gasteiger partial charge in [-0.05, 0) is 56.5 Å². The molecule has 0 saturated heterocycles. The molecular formula is C24H25Cl2N3O2. The average molecular weight is 458 g/mol. The second-order valence-corrected chi connectivity index (χ2v) is 9.13. The molecule has 31 heavy (non-hydrogen) atoms. The van der Waals surface area contributed by atoms with Gasteiger partial charge in [0.1, 0.15) is 5.82 Å². The first-order chi connectivity index (χ1) is 14.8. The van der Waals surface area contributed by atoms with Crippen molar-refractivity contribution in [1.82, 2.24) is 14.5 Å². The number of carbonyl (C=O) groups is 1. The van der Waals surface area contributed by atoms with E-state index in [1.165, 1.54) is 0 Å². The molecule has 1 saturated carbocycles. The van der Waals surface area contributed by atoms with Crippen molar-refractivity contribution in [2.75, 3.05) is 0 Å². The zero-order valence-corrected chi connectivity index (χ0v) is 19.2. The minimum absolute atomic E-state index is 0.00734. The Balaban J connectivity index is 1.55. The number of rotatable bonds is 7. The van der Waals surface area contributed by atoms with E-state index in [2.05, 4.69) is 0 Å². The fraction of sp³-hybridized carbons (Fsp3) is 0.375. The van der Waals surface area contributed by atoms with Gasteiger partial charge in [-0.25, -0.2) is 4.98 Å². The SMILES string of the molecule is CC(C)N(Cc1ccc(Cl)c(Cl)c1)C(=O)CCc1nc2ccccc2c(=O)n1C1CC1. The molecule has 0 unspecified atom stereocenters. The number of hydrogen-bond donors (Lipinski definition) is 0. The standard InChI is InChI=1S/C24H25Cl2N3O2/c1-15(2)28(14-16-7-10-19(25)20(26)13-16)23(30)12-11-22-27-21-6-4-3-5-18(21)24(31)29(22)17-8-9-17/h3-7,10,13,15,17H,8-9,11-12,14H2,1-2H3. The monoisotopic (exact) mass is 457 g/mol. The predicted molar refractivity (Wildman–Crippen MR) is 125 cm³/mol. The minimum Gasteiger partial charge on any atom is -0.336 e. The molecule has 7 heteroatoms. The predicted octanol–water partition coefficient (Wildman–Crippen LogP) is 5.41. The summed E-state index contributed by atoms with van der Waals surface area (Å²) >= 11 is 12.1. The number of amides is 1. The number of benzene rings is 2. The van der Waals surface area contributed by atoms with Crippen LogP contribution in [0.3, 0.4) is 0 Å². The number of nitrogens with zero attached hydrogens (tertiary/aromatic N) is 3. The Kier molecular flexibility index (Phi) is 6.35. The van der Waals surface area contributed by atoms with E-state index in [0.29, 0.717) is 39.7 Å². The van der Waals surface area contributed by atoms with E-state index >= 15 is 0 Å². The van der Waals surface area contributed by atoms with Gasteiger partial charge in [0.15, 0.2) is 0 Å². The first kappa shape index (κ1) is 21.8. The lowest BCUT2D eigenvalue weighted by atomic mass is 10.1. The van der Waals surface area contributed by atoms with Crippen LogP contribution in [0.25, 0.3) is 10.9 Å². The van der Waals surface area contributed by atoms with Crippen molar-refractivity contribution < 1.29 is 4.79 Å². The van der Waals surface area contributed by atoms with Crippen molar-refractivity contribution in [2.24, 2.45) is 0 Å². The van der Waals surface area contributed by atoms with Crippen LogP contribution in [0.4, 0.5) is 0 Å². The van der Waals surface area contributed by atoms with Gasteiger partial charge in [-0.15, -0.1) is 0 Å². The van der Waals surface area contributed by atoms with E-state index in [0.717, 1.165) is 18.4 Å². The summed E-state index contributed by atoms with van der Waals surface area (Å²) in [6.45, 7) is 4.43. The lowest BCUT2D eigenvalue weighted by Crippen LogP contribution is -2.37. The lowest BCUT2D eigenvalue weighted by Gasteiger charge is -2.27. The van der Waals surface area contributed by atoms with Crippen molar-refractivity contribution >= 4 is 40.0 Å². The summed E-state index contributed by atoms with van der Waals surface area (Å²) in [5.41, 5.74) is 1.60. The quantitative estimate of drug-likeness (QED) is 0.476. The molecule has 0 N–H and O–H groups in total. The van der Waals surface area contributed by atoms with Crippen LogP contribution in [-0.2, 0) is 17.8 Å². The van der Waals surface area contributed by atoms with Gasteiger partial charge in [0.2, 0.25) is 5.91 Å². The van der Waals surface area contributed by atoms with E-state index in [4.69, 9.17) is 28.2 Å². The van der Waals surface area contributed by atoms with Crippen LogP contribution in [0.15, 0.2) is 47.3 Å². The van der Waals surface area contributed by atoms with E-state index in [-0.39, 0.29) is 30.0 Å². The Morgan fingerprint density at radius 3 is 2.58 bits per heavy atom. The molecule has 0 atom stereocenters. The van der Waals surface area contributed by atoms with Crippen molar-refractivity contribution in [3.8, 4) is 0 Å². The molecule has 0 radical (unpaired) electrons. The number of carbonyl (C=O) groups excluding carboxylic acids is 1. The highest BCUT2D eigenvalue weighted by atomic mass is 35.5. The first-order valence-corrected chi connectivity index (χ1v) is 11.3. The fourth-order valence-corrected chi connectivity index (χ4v) is 4.15. The molecular weight excluding hydrogens is 433 g/mol. The second-order valence-electron chi connectivity index (χ2n) is 8.32. The summed E-state index contributed by atoms with van der Waals surface area (Å²) < 4.78 is 1.80. The third-order valence-electron chi connectivity index (χ3n) is 5.64. The number of aromatic nitrogens is 2. The van der Waals surface area contributed by atoms with Crippen LogP contribution in [0, 0.1) is 0 Å². The highest BCUT2D eigenvalue weighted by Gasteiger charge is 2.29. The van der Waals surface area contributed by atoms with Crippen molar-refractivity contribution in [1.29, 1.82) is 0 Å². The average Bonchev–Trinajstić information content (AvgIpc) is 3.57. The van der Waals surface area contributed by atoms with Gasteiger partial charge in [0.05, 0.1) is 20.9 Å². The molecule has 4 rings (SSSR count). The number of fused-ring (bicyclic) bond motifs is 1. The molecule has 2 aromatic carbocycles. The third kappa shape index (κ3) is 4.78. The Hall–Kier alpha value is -2.37. The van der Waals surface area contributed by atoms with Gasteiger partial charge in [0, 0.05) is 31.5 Å². The summed E-state index contributed by atoms with van der Waals surface area (Å²) in [5, 5.41) is 1.60. The largest absolute Gasteiger partial charge is 0.336 e. The Labute approximate surface area is 191 Å². The highest BCUT2D eigenvalue weighted by Crippen LogP contribution is 2.35. The molecule has 1 aromatic heterocycles. The van der Waals surface area contributed by atoms with Crippen LogP contribution >= 0.6 is 23.2 Å². The Morgan fingerprint density at radius 2 is 1.90 bits per heavy atom. The van der Waals surface area contributed by atoms with Gasteiger partial charge < -0.3 is 4.90 Å². The normalized spacial score (nSPS) is 13.7. The zero-order valence-electron chi connectivity index (χ0n) is 17.6. The topological polar surface area (TPSA) is 55.2 Å².